The van der Waals surface area contributed by atoms with Crippen molar-refractivity contribution in [2.75, 3.05) is 0 Å². The summed E-state index contributed by atoms with van der Waals surface area (Å²) < 4.78 is 0. The number of aromatic nitrogens is 1. The summed E-state index contributed by atoms with van der Waals surface area (Å²) in [6.07, 6.45) is 1.42. The van der Waals surface area contributed by atoms with Gasteiger partial charge in [0.05, 0.1) is 27.0 Å². The number of carbonyl (C=O) groups excluding carboxylic acids is 1. The number of hydrogen-bond acceptors (Lipinski definition) is 4. The smallest absolute Gasteiger partial charge is 0.266 e. The second-order valence-corrected chi connectivity index (χ2v) is 6.00. The normalized spacial score (nSPS) is 11.0. The molecule has 104 valence electrons. The Bertz CT molecular complexity index is 662. The fourth-order valence-corrected chi connectivity index (χ4v) is 2.89. The standard InChI is InChI=1S/C13H11Cl2N3OS/c1-7-12(20-8(2)17-7)13(19)18-16-6-9-10(14)4-3-5-11(9)15/h3-6H,1-2H3,(H,18,19)/b16-6+. The van der Waals surface area contributed by atoms with Gasteiger partial charge < -0.3 is 0 Å². The van der Waals surface area contributed by atoms with Crippen LogP contribution in [-0.4, -0.2) is 17.1 Å². The van der Waals surface area contributed by atoms with E-state index in [9.17, 15) is 4.79 Å². The Kier molecular flexibility index (Phi) is 4.75. The third-order valence-electron chi connectivity index (χ3n) is 2.47. The van der Waals surface area contributed by atoms with Crippen LogP contribution in [0.3, 0.4) is 0 Å². The summed E-state index contributed by atoms with van der Waals surface area (Å²) in [6, 6.07) is 5.14. The molecule has 0 aliphatic heterocycles. The highest BCUT2D eigenvalue weighted by Crippen LogP contribution is 2.22. The fourth-order valence-electron chi connectivity index (χ4n) is 1.58. The van der Waals surface area contributed by atoms with Crippen molar-refractivity contribution < 1.29 is 4.79 Å². The van der Waals surface area contributed by atoms with Crippen LogP contribution in [0.2, 0.25) is 10.0 Å². The van der Waals surface area contributed by atoms with Gasteiger partial charge in [0.1, 0.15) is 4.88 Å². The van der Waals surface area contributed by atoms with Gasteiger partial charge >= 0.3 is 0 Å². The Hall–Kier alpha value is -1.43. The maximum Gasteiger partial charge on any atom is 0.283 e. The molecule has 0 atom stereocenters. The Balaban J connectivity index is 2.11. The highest BCUT2D eigenvalue weighted by Gasteiger charge is 2.12. The molecule has 0 aliphatic rings. The number of aryl methyl sites for hydroxylation is 2. The van der Waals surface area contributed by atoms with Gasteiger partial charge in [0.25, 0.3) is 5.91 Å². The molecule has 0 saturated carbocycles. The molecule has 1 aromatic carbocycles. The number of amides is 1. The van der Waals surface area contributed by atoms with Gasteiger partial charge in [-0.15, -0.1) is 11.3 Å². The zero-order chi connectivity index (χ0) is 14.7. The lowest BCUT2D eigenvalue weighted by molar-refractivity contribution is 0.0958. The molecule has 1 N–H and O–H groups in total. The molecule has 20 heavy (non-hydrogen) atoms. The fraction of sp³-hybridized carbons (Fsp3) is 0.154. The first-order valence-corrected chi connectivity index (χ1v) is 7.27. The summed E-state index contributed by atoms with van der Waals surface area (Å²) in [5.74, 6) is -0.299. The minimum absolute atomic E-state index is 0.299. The number of hydrazone groups is 1. The third kappa shape index (κ3) is 3.36. The lowest BCUT2D eigenvalue weighted by atomic mass is 10.2. The molecule has 1 aromatic heterocycles. The number of benzene rings is 1. The van der Waals surface area contributed by atoms with Gasteiger partial charge in [0.2, 0.25) is 0 Å². The molecule has 0 unspecified atom stereocenters. The van der Waals surface area contributed by atoms with E-state index in [0.29, 0.717) is 26.2 Å². The predicted octanol–water partition coefficient (Wildman–Crippen LogP) is 3.83. The molecule has 0 radical (unpaired) electrons. The summed E-state index contributed by atoms with van der Waals surface area (Å²) in [5.41, 5.74) is 3.69. The number of halogens is 2. The monoisotopic (exact) mass is 327 g/mol. The molecule has 7 heteroatoms. The molecule has 2 aromatic rings. The molecule has 0 fully saturated rings. The predicted molar refractivity (Wildman–Crippen MR) is 83.1 cm³/mol. The first-order valence-electron chi connectivity index (χ1n) is 5.70. The van der Waals surface area contributed by atoms with Crippen LogP contribution in [0.1, 0.15) is 25.9 Å². The maximum absolute atomic E-state index is 11.9. The van der Waals surface area contributed by atoms with Gasteiger partial charge in [0, 0.05) is 5.56 Å². The van der Waals surface area contributed by atoms with Crippen molar-refractivity contribution in [1.82, 2.24) is 10.4 Å². The van der Waals surface area contributed by atoms with Crippen LogP contribution in [0.4, 0.5) is 0 Å². The SMILES string of the molecule is Cc1nc(C)c(C(=O)N/N=C/c2c(Cl)cccc2Cl)s1. The second kappa shape index (κ2) is 6.35. The first-order chi connectivity index (χ1) is 9.49. The zero-order valence-electron chi connectivity index (χ0n) is 10.8. The number of thiazole rings is 1. The van der Waals surface area contributed by atoms with E-state index >= 15 is 0 Å². The third-order valence-corrected chi connectivity index (χ3v) is 4.20. The van der Waals surface area contributed by atoms with Crippen molar-refractivity contribution >= 4 is 46.7 Å². The van der Waals surface area contributed by atoms with Gasteiger partial charge in [-0.05, 0) is 26.0 Å². The van der Waals surface area contributed by atoms with Crippen molar-refractivity contribution in [3.8, 4) is 0 Å². The Morgan fingerprint density at radius 3 is 2.55 bits per heavy atom. The lowest BCUT2D eigenvalue weighted by Gasteiger charge is -2.01. The molecule has 0 aliphatic carbocycles. The largest absolute Gasteiger partial charge is 0.283 e. The quantitative estimate of drug-likeness (QED) is 0.688. The van der Waals surface area contributed by atoms with Crippen LogP contribution in [-0.2, 0) is 0 Å². The summed E-state index contributed by atoms with van der Waals surface area (Å²) in [6.45, 7) is 3.63. The first kappa shape index (κ1) is 15.0. The molecule has 1 amide bonds. The molecule has 0 saturated heterocycles. The van der Waals surface area contributed by atoms with E-state index in [1.54, 1.807) is 25.1 Å². The Morgan fingerprint density at radius 1 is 1.35 bits per heavy atom. The van der Waals surface area contributed by atoms with Crippen LogP contribution in [0.15, 0.2) is 23.3 Å². The average molecular weight is 328 g/mol. The zero-order valence-corrected chi connectivity index (χ0v) is 13.1. The highest BCUT2D eigenvalue weighted by atomic mass is 35.5. The topological polar surface area (TPSA) is 54.4 Å². The van der Waals surface area contributed by atoms with Crippen molar-refractivity contribution in [3.63, 3.8) is 0 Å². The summed E-state index contributed by atoms with van der Waals surface area (Å²) in [5, 5.41) is 5.66. The molecule has 0 bridgehead atoms. The van der Waals surface area contributed by atoms with Crippen molar-refractivity contribution in [2.45, 2.75) is 13.8 Å². The van der Waals surface area contributed by atoms with Gasteiger partial charge in [-0.25, -0.2) is 10.4 Å². The van der Waals surface area contributed by atoms with E-state index in [-0.39, 0.29) is 5.91 Å². The minimum atomic E-state index is -0.299. The molecule has 0 spiro atoms. The van der Waals surface area contributed by atoms with Gasteiger partial charge in [0.15, 0.2) is 0 Å². The average Bonchev–Trinajstić information content (AvgIpc) is 2.72. The van der Waals surface area contributed by atoms with E-state index in [2.05, 4.69) is 15.5 Å². The van der Waals surface area contributed by atoms with E-state index in [1.807, 2.05) is 6.92 Å². The Labute approximate surface area is 130 Å². The van der Waals surface area contributed by atoms with Gasteiger partial charge in [-0.2, -0.15) is 5.10 Å². The summed E-state index contributed by atoms with van der Waals surface area (Å²) in [7, 11) is 0. The van der Waals surface area contributed by atoms with Crippen LogP contribution < -0.4 is 5.43 Å². The molecule has 1 heterocycles. The summed E-state index contributed by atoms with van der Waals surface area (Å²) >= 11 is 13.3. The summed E-state index contributed by atoms with van der Waals surface area (Å²) in [4.78, 5) is 16.7. The number of rotatable bonds is 3. The van der Waals surface area contributed by atoms with E-state index in [4.69, 9.17) is 23.2 Å². The van der Waals surface area contributed by atoms with Gasteiger partial charge in [-0.1, -0.05) is 29.3 Å². The van der Waals surface area contributed by atoms with Crippen molar-refractivity contribution in [2.24, 2.45) is 5.10 Å². The lowest BCUT2D eigenvalue weighted by Crippen LogP contribution is -2.17. The highest BCUT2D eigenvalue weighted by molar-refractivity contribution is 7.13. The van der Waals surface area contributed by atoms with Crippen molar-refractivity contribution in [1.29, 1.82) is 0 Å². The number of carbonyl (C=O) groups is 1. The van der Waals surface area contributed by atoms with E-state index in [1.165, 1.54) is 17.6 Å². The Morgan fingerprint density at radius 2 is 2.00 bits per heavy atom. The van der Waals surface area contributed by atoms with E-state index in [0.717, 1.165) is 5.01 Å². The molecule has 4 nitrogen and oxygen atoms in total. The van der Waals surface area contributed by atoms with Crippen LogP contribution in [0, 0.1) is 13.8 Å². The van der Waals surface area contributed by atoms with Crippen LogP contribution in [0.5, 0.6) is 0 Å². The molecule has 2 rings (SSSR count). The number of nitrogens with one attached hydrogen (secondary N) is 1. The maximum atomic E-state index is 11.9. The van der Waals surface area contributed by atoms with Gasteiger partial charge in [-0.3, -0.25) is 4.79 Å². The number of hydrogen-bond donors (Lipinski definition) is 1. The molecular weight excluding hydrogens is 317 g/mol. The number of nitrogens with zero attached hydrogens (tertiary/aromatic N) is 2. The van der Waals surface area contributed by atoms with Crippen LogP contribution >= 0.6 is 34.5 Å². The van der Waals surface area contributed by atoms with Crippen LogP contribution in [0.25, 0.3) is 0 Å². The minimum Gasteiger partial charge on any atom is -0.266 e. The van der Waals surface area contributed by atoms with Crippen molar-refractivity contribution in [3.05, 3.63) is 49.4 Å². The second-order valence-electron chi connectivity index (χ2n) is 3.98. The van der Waals surface area contributed by atoms with E-state index < -0.39 is 0 Å². The molecular formula is C13H11Cl2N3OS.